The van der Waals surface area contributed by atoms with Gasteiger partial charge in [0.25, 0.3) is 11.5 Å². The van der Waals surface area contributed by atoms with Gasteiger partial charge in [-0.15, -0.1) is 11.3 Å². The van der Waals surface area contributed by atoms with E-state index in [1.807, 2.05) is 24.4 Å². The first-order chi connectivity index (χ1) is 13.2. The van der Waals surface area contributed by atoms with Crippen LogP contribution in [-0.2, 0) is 13.0 Å². The Hall–Kier alpha value is -3.26. The minimum absolute atomic E-state index is 0.0403. The highest BCUT2D eigenvalue weighted by atomic mass is 32.1. The largest absolute Gasteiger partial charge is 0.351 e. The number of amides is 1. The summed E-state index contributed by atoms with van der Waals surface area (Å²) >= 11 is 1.35. The average Bonchev–Trinajstić information content (AvgIpc) is 3.33. The molecule has 1 amide bonds. The van der Waals surface area contributed by atoms with Crippen LogP contribution in [-0.4, -0.2) is 31.4 Å². The molecule has 1 N–H and O–H groups in total. The van der Waals surface area contributed by atoms with Gasteiger partial charge in [-0.05, 0) is 5.56 Å². The molecule has 0 fully saturated rings. The van der Waals surface area contributed by atoms with E-state index in [0.29, 0.717) is 17.9 Å². The van der Waals surface area contributed by atoms with Crippen molar-refractivity contribution in [3.05, 3.63) is 87.8 Å². The van der Waals surface area contributed by atoms with E-state index >= 15 is 0 Å². The Labute approximate surface area is 159 Å². The molecule has 3 aromatic heterocycles. The molecule has 0 radical (unpaired) electrons. The molecular formula is C19H17N5O2S. The Morgan fingerprint density at radius 3 is 2.85 bits per heavy atom. The van der Waals surface area contributed by atoms with Crippen molar-refractivity contribution in [2.45, 2.75) is 13.0 Å². The third kappa shape index (κ3) is 3.65. The number of hydrogen-bond acceptors (Lipinski definition) is 5. The molecular weight excluding hydrogens is 362 g/mol. The molecule has 7 nitrogen and oxygen atoms in total. The van der Waals surface area contributed by atoms with Crippen LogP contribution in [0, 0.1) is 0 Å². The van der Waals surface area contributed by atoms with E-state index in [-0.39, 0.29) is 11.1 Å². The van der Waals surface area contributed by atoms with E-state index in [1.54, 1.807) is 17.8 Å². The van der Waals surface area contributed by atoms with Gasteiger partial charge < -0.3 is 9.88 Å². The van der Waals surface area contributed by atoms with Crippen LogP contribution >= 0.6 is 11.3 Å². The summed E-state index contributed by atoms with van der Waals surface area (Å²) in [5.74, 6) is 0.455. The molecule has 27 heavy (non-hydrogen) atoms. The molecule has 0 saturated heterocycles. The molecule has 0 aliphatic carbocycles. The summed E-state index contributed by atoms with van der Waals surface area (Å²) in [6.45, 7) is 1.11. The molecule has 4 aromatic rings. The zero-order chi connectivity index (χ0) is 18.6. The van der Waals surface area contributed by atoms with Gasteiger partial charge in [0, 0.05) is 49.7 Å². The van der Waals surface area contributed by atoms with Crippen LogP contribution in [0.2, 0.25) is 0 Å². The van der Waals surface area contributed by atoms with Gasteiger partial charge in [0.1, 0.15) is 11.4 Å². The van der Waals surface area contributed by atoms with E-state index in [2.05, 4.69) is 32.0 Å². The van der Waals surface area contributed by atoms with Crippen molar-refractivity contribution in [3.8, 4) is 0 Å². The van der Waals surface area contributed by atoms with Crippen LogP contribution in [0.3, 0.4) is 0 Å². The number of carbonyl (C=O) groups excluding carboxylic acids is 1. The molecule has 0 spiro atoms. The summed E-state index contributed by atoms with van der Waals surface area (Å²) in [6, 6.07) is 10.1. The molecule has 8 heteroatoms. The maximum Gasteiger partial charge on any atom is 0.271 e. The third-order valence-electron chi connectivity index (χ3n) is 4.22. The molecule has 136 valence electrons. The summed E-state index contributed by atoms with van der Waals surface area (Å²) < 4.78 is 3.43. The minimum atomic E-state index is -0.422. The first kappa shape index (κ1) is 17.2. The predicted octanol–water partition coefficient (Wildman–Crippen LogP) is 1.97. The molecule has 1 aromatic carbocycles. The monoisotopic (exact) mass is 379 g/mol. The lowest BCUT2D eigenvalue weighted by molar-refractivity contribution is 0.0952. The standard InChI is InChI=1S/C19H17N5O2S/c25-17(15-12-22-19-24(18(15)26)10-11-27-19)21-7-6-16-20-8-9-23(16)13-14-4-2-1-3-5-14/h1-5,8-12H,6-7,13H2,(H,21,25). The third-order valence-corrected chi connectivity index (χ3v) is 4.99. The fourth-order valence-electron chi connectivity index (χ4n) is 2.86. The number of hydrogen-bond donors (Lipinski definition) is 1. The van der Waals surface area contributed by atoms with Gasteiger partial charge >= 0.3 is 0 Å². The highest BCUT2D eigenvalue weighted by molar-refractivity contribution is 7.15. The fraction of sp³-hybridized carbons (Fsp3) is 0.158. The lowest BCUT2D eigenvalue weighted by Gasteiger charge is -2.09. The summed E-state index contributed by atoms with van der Waals surface area (Å²) in [6.07, 6.45) is 7.19. The molecule has 0 aliphatic heterocycles. The van der Waals surface area contributed by atoms with E-state index in [0.717, 1.165) is 12.4 Å². The maximum atomic E-state index is 12.3. The van der Waals surface area contributed by atoms with Gasteiger partial charge in [0.05, 0.1) is 0 Å². The predicted molar refractivity (Wildman–Crippen MR) is 103 cm³/mol. The van der Waals surface area contributed by atoms with Gasteiger partial charge in [-0.25, -0.2) is 9.97 Å². The summed E-state index contributed by atoms with van der Waals surface area (Å²) in [4.78, 5) is 33.8. The van der Waals surface area contributed by atoms with Crippen molar-refractivity contribution in [1.29, 1.82) is 0 Å². The number of aromatic nitrogens is 4. The second-order valence-corrected chi connectivity index (χ2v) is 6.87. The molecule has 0 unspecified atom stereocenters. The van der Waals surface area contributed by atoms with Crippen LogP contribution < -0.4 is 10.9 Å². The van der Waals surface area contributed by atoms with Crippen molar-refractivity contribution >= 4 is 22.2 Å². The highest BCUT2D eigenvalue weighted by Crippen LogP contribution is 2.07. The number of imidazole rings is 1. The topological polar surface area (TPSA) is 81.3 Å². The van der Waals surface area contributed by atoms with Crippen LogP contribution in [0.4, 0.5) is 0 Å². The Kier molecular flexibility index (Phi) is 4.80. The lowest BCUT2D eigenvalue weighted by Crippen LogP contribution is -2.32. The summed E-state index contributed by atoms with van der Waals surface area (Å²) in [5.41, 5.74) is 0.867. The summed E-state index contributed by atoms with van der Waals surface area (Å²) in [5, 5.41) is 4.55. The minimum Gasteiger partial charge on any atom is -0.351 e. The smallest absolute Gasteiger partial charge is 0.271 e. The number of rotatable bonds is 6. The molecule has 0 saturated carbocycles. The number of nitrogens with zero attached hydrogens (tertiary/aromatic N) is 4. The van der Waals surface area contributed by atoms with Crippen molar-refractivity contribution < 1.29 is 4.79 Å². The van der Waals surface area contributed by atoms with Crippen molar-refractivity contribution in [1.82, 2.24) is 24.3 Å². The van der Waals surface area contributed by atoms with Crippen molar-refractivity contribution in [2.24, 2.45) is 0 Å². The van der Waals surface area contributed by atoms with E-state index in [1.165, 1.54) is 27.5 Å². The van der Waals surface area contributed by atoms with E-state index in [4.69, 9.17) is 0 Å². The van der Waals surface area contributed by atoms with Gasteiger partial charge in [0.15, 0.2) is 4.96 Å². The van der Waals surface area contributed by atoms with Gasteiger partial charge in [-0.3, -0.25) is 14.0 Å². The van der Waals surface area contributed by atoms with Gasteiger partial charge in [0.2, 0.25) is 0 Å². The molecule has 3 heterocycles. The number of nitrogens with one attached hydrogen (secondary N) is 1. The Morgan fingerprint density at radius 1 is 1.15 bits per heavy atom. The highest BCUT2D eigenvalue weighted by Gasteiger charge is 2.13. The second kappa shape index (κ2) is 7.55. The zero-order valence-electron chi connectivity index (χ0n) is 14.4. The lowest BCUT2D eigenvalue weighted by atomic mass is 10.2. The quantitative estimate of drug-likeness (QED) is 0.555. The summed E-state index contributed by atoms with van der Waals surface area (Å²) in [7, 11) is 0. The van der Waals surface area contributed by atoms with Gasteiger partial charge in [-0.1, -0.05) is 30.3 Å². The molecule has 4 rings (SSSR count). The van der Waals surface area contributed by atoms with Crippen LogP contribution in [0.1, 0.15) is 21.7 Å². The first-order valence-electron chi connectivity index (χ1n) is 8.49. The van der Waals surface area contributed by atoms with Crippen molar-refractivity contribution in [2.75, 3.05) is 6.54 Å². The van der Waals surface area contributed by atoms with Crippen LogP contribution in [0.25, 0.3) is 4.96 Å². The first-order valence-corrected chi connectivity index (χ1v) is 9.37. The maximum absolute atomic E-state index is 12.3. The second-order valence-electron chi connectivity index (χ2n) is 6.00. The number of thiazole rings is 1. The van der Waals surface area contributed by atoms with Gasteiger partial charge in [-0.2, -0.15) is 0 Å². The number of benzene rings is 1. The number of carbonyl (C=O) groups is 1. The number of fused-ring (bicyclic) bond motifs is 1. The molecule has 0 atom stereocenters. The Balaban J connectivity index is 1.40. The van der Waals surface area contributed by atoms with Crippen LogP contribution in [0.15, 0.2) is 65.3 Å². The fourth-order valence-corrected chi connectivity index (χ4v) is 3.53. The van der Waals surface area contributed by atoms with E-state index in [9.17, 15) is 9.59 Å². The zero-order valence-corrected chi connectivity index (χ0v) is 15.2. The van der Waals surface area contributed by atoms with Crippen molar-refractivity contribution in [3.63, 3.8) is 0 Å². The molecule has 0 aliphatic rings. The normalized spacial score (nSPS) is 11.0. The Bertz CT molecular complexity index is 1130. The molecule has 0 bridgehead atoms. The van der Waals surface area contributed by atoms with E-state index < -0.39 is 5.91 Å². The Morgan fingerprint density at radius 2 is 2.00 bits per heavy atom. The average molecular weight is 379 g/mol. The van der Waals surface area contributed by atoms with Crippen LogP contribution in [0.5, 0.6) is 0 Å². The SMILES string of the molecule is O=C(NCCc1nccn1Cc1ccccc1)c1cnc2sccn2c1=O.